The first kappa shape index (κ1) is 16.5. The third-order valence-electron chi connectivity index (χ3n) is 2.86. The van der Waals surface area contributed by atoms with Crippen LogP contribution in [0.2, 0.25) is 0 Å². The third kappa shape index (κ3) is 5.61. The molecular weight excluding hydrogens is 269 g/mol. The molecule has 0 aliphatic heterocycles. The number of rotatable bonds is 6. The molecule has 0 aliphatic rings. The Morgan fingerprint density at radius 1 is 1.35 bits per heavy atom. The summed E-state index contributed by atoms with van der Waals surface area (Å²) in [6.07, 6.45) is -2.79. The number of alkyl halides is 3. The second kappa shape index (κ2) is 7.28. The van der Waals surface area contributed by atoms with Gasteiger partial charge >= 0.3 is 6.18 Å². The number of amides is 1. The second-order valence-corrected chi connectivity index (χ2v) is 4.80. The van der Waals surface area contributed by atoms with Crippen molar-refractivity contribution in [1.29, 1.82) is 0 Å². The number of benzene rings is 1. The van der Waals surface area contributed by atoms with Gasteiger partial charge in [0.2, 0.25) is 5.91 Å². The Labute approximate surface area is 116 Å². The van der Waals surface area contributed by atoms with E-state index in [-0.39, 0.29) is 30.5 Å². The Balaban J connectivity index is 2.52. The first-order valence-electron chi connectivity index (χ1n) is 6.48. The van der Waals surface area contributed by atoms with Crippen LogP contribution in [0, 0.1) is 0 Å². The summed E-state index contributed by atoms with van der Waals surface area (Å²) in [7, 11) is 0. The van der Waals surface area contributed by atoms with E-state index in [1.807, 2.05) is 6.92 Å². The highest BCUT2D eigenvalue weighted by molar-refractivity contribution is 5.75. The van der Waals surface area contributed by atoms with Gasteiger partial charge in [0, 0.05) is 19.0 Å². The van der Waals surface area contributed by atoms with Crippen molar-refractivity contribution in [3.05, 3.63) is 35.4 Å². The molecule has 0 saturated carbocycles. The van der Waals surface area contributed by atoms with E-state index in [0.29, 0.717) is 12.8 Å². The molecular formula is C14H19F3N2O. The van der Waals surface area contributed by atoms with Crippen molar-refractivity contribution in [2.75, 3.05) is 0 Å². The lowest BCUT2D eigenvalue weighted by molar-refractivity contribution is -0.138. The van der Waals surface area contributed by atoms with Crippen molar-refractivity contribution in [2.45, 2.75) is 44.9 Å². The lowest BCUT2D eigenvalue weighted by Gasteiger charge is -2.13. The third-order valence-corrected chi connectivity index (χ3v) is 2.86. The average molecular weight is 288 g/mol. The van der Waals surface area contributed by atoms with Crippen molar-refractivity contribution in [2.24, 2.45) is 5.73 Å². The van der Waals surface area contributed by atoms with Crippen molar-refractivity contribution in [1.82, 2.24) is 5.32 Å². The molecule has 0 radical (unpaired) electrons. The van der Waals surface area contributed by atoms with Gasteiger partial charge in [0.1, 0.15) is 0 Å². The van der Waals surface area contributed by atoms with Crippen LogP contribution in [-0.2, 0) is 17.5 Å². The van der Waals surface area contributed by atoms with Crippen molar-refractivity contribution < 1.29 is 18.0 Å². The second-order valence-electron chi connectivity index (χ2n) is 4.80. The maximum atomic E-state index is 12.7. The highest BCUT2D eigenvalue weighted by Crippen LogP contribution is 2.31. The number of hydrogen-bond donors (Lipinski definition) is 2. The molecule has 0 bridgehead atoms. The topological polar surface area (TPSA) is 55.1 Å². The van der Waals surface area contributed by atoms with Gasteiger partial charge in [-0.3, -0.25) is 4.79 Å². The molecule has 0 fully saturated rings. The van der Waals surface area contributed by atoms with Gasteiger partial charge in [-0.05, 0) is 31.4 Å². The molecule has 0 aromatic heterocycles. The Hall–Kier alpha value is -1.56. The van der Waals surface area contributed by atoms with Gasteiger partial charge in [0.05, 0.1) is 5.56 Å². The van der Waals surface area contributed by atoms with E-state index in [0.717, 1.165) is 6.07 Å². The fourth-order valence-corrected chi connectivity index (χ4v) is 1.82. The summed E-state index contributed by atoms with van der Waals surface area (Å²) in [6, 6.07) is 5.25. The zero-order valence-electron chi connectivity index (χ0n) is 11.3. The maximum Gasteiger partial charge on any atom is 0.416 e. The summed E-state index contributed by atoms with van der Waals surface area (Å²) in [5, 5.41) is 2.51. The molecule has 1 amide bonds. The first-order chi connectivity index (χ1) is 9.30. The highest BCUT2D eigenvalue weighted by Gasteiger charge is 2.32. The molecule has 1 aromatic rings. The van der Waals surface area contributed by atoms with E-state index in [4.69, 9.17) is 5.73 Å². The maximum absolute atomic E-state index is 12.7. The van der Waals surface area contributed by atoms with Crippen LogP contribution < -0.4 is 11.1 Å². The number of nitrogens with two attached hydrogens (primary N) is 1. The van der Waals surface area contributed by atoms with E-state index in [2.05, 4.69) is 5.32 Å². The standard InChI is InChI=1S/C14H19F3N2O/c1-10(18)5-4-8-13(20)19-9-11-6-2-3-7-12(11)14(15,16)17/h2-3,6-7,10H,4-5,8-9,18H2,1H3,(H,19,20). The normalized spacial score (nSPS) is 13.1. The summed E-state index contributed by atoms with van der Waals surface area (Å²) < 4.78 is 38.2. The molecule has 0 heterocycles. The minimum atomic E-state index is -4.41. The molecule has 3 nitrogen and oxygen atoms in total. The fourth-order valence-electron chi connectivity index (χ4n) is 1.82. The lowest BCUT2D eigenvalue weighted by atomic mass is 10.1. The summed E-state index contributed by atoms with van der Waals surface area (Å²) in [4.78, 5) is 11.5. The predicted octanol–water partition coefficient (Wildman–Crippen LogP) is 2.84. The molecule has 1 rings (SSSR count). The summed E-state index contributed by atoms with van der Waals surface area (Å²) in [5.74, 6) is -0.261. The Bertz CT molecular complexity index is 444. The molecule has 0 spiro atoms. The van der Waals surface area contributed by atoms with Crippen LogP contribution in [0.25, 0.3) is 0 Å². The molecule has 20 heavy (non-hydrogen) atoms. The largest absolute Gasteiger partial charge is 0.416 e. The summed E-state index contributed by atoms with van der Waals surface area (Å²) >= 11 is 0. The van der Waals surface area contributed by atoms with Crippen molar-refractivity contribution >= 4 is 5.91 Å². The van der Waals surface area contributed by atoms with Gasteiger partial charge in [0.25, 0.3) is 0 Å². The van der Waals surface area contributed by atoms with Gasteiger partial charge in [-0.1, -0.05) is 18.2 Å². The molecule has 0 saturated heterocycles. The SMILES string of the molecule is CC(N)CCCC(=O)NCc1ccccc1C(F)(F)F. The Morgan fingerprint density at radius 2 is 2.00 bits per heavy atom. The fraction of sp³-hybridized carbons (Fsp3) is 0.500. The predicted molar refractivity (Wildman–Crippen MR) is 70.8 cm³/mol. The van der Waals surface area contributed by atoms with Crippen LogP contribution in [0.1, 0.15) is 37.3 Å². The lowest BCUT2D eigenvalue weighted by Crippen LogP contribution is -2.25. The molecule has 1 atom stereocenters. The Kier molecular flexibility index (Phi) is 6.01. The Morgan fingerprint density at radius 3 is 2.60 bits per heavy atom. The number of hydrogen-bond acceptors (Lipinski definition) is 2. The smallest absolute Gasteiger partial charge is 0.352 e. The van der Waals surface area contributed by atoms with Crippen LogP contribution in [0.5, 0.6) is 0 Å². The number of nitrogens with one attached hydrogen (secondary N) is 1. The summed E-state index contributed by atoms with van der Waals surface area (Å²) in [6.45, 7) is 1.73. The zero-order valence-corrected chi connectivity index (χ0v) is 11.3. The van der Waals surface area contributed by atoms with Gasteiger partial charge < -0.3 is 11.1 Å². The van der Waals surface area contributed by atoms with Crippen LogP contribution in [0.15, 0.2) is 24.3 Å². The van der Waals surface area contributed by atoms with Crippen molar-refractivity contribution in [3.63, 3.8) is 0 Å². The van der Waals surface area contributed by atoms with Gasteiger partial charge in [-0.25, -0.2) is 0 Å². The van der Waals surface area contributed by atoms with Gasteiger partial charge in [0.15, 0.2) is 0 Å². The monoisotopic (exact) mass is 288 g/mol. The zero-order chi connectivity index (χ0) is 15.2. The molecule has 3 N–H and O–H groups in total. The van der Waals surface area contributed by atoms with Crippen LogP contribution in [-0.4, -0.2) is 11.9 Å². The number of carbonyl (C=O) groups is 1. The molecule has 0 aliphatic carbocycles. The van der Waals surface area contributed by atoms with Crippen LogP contribution in [0.4, 0.5) is 13.2 Å². The number of halogens is 3. The molecule has 1 unspecified atom stereocenters. The number of carbonyl (C=O) groups excluding carboxylic acids is 1. The average Bonchev–Trinajstić information content (AvgIpc) is 2.35. The van der Waals surface area contributed by atoms with E-state index in [1.54, 1.807) is 0 Å². The quantitative estimate of drug-likeness (QED) is 0.845. The van der Waals surface area contributed by atoms with Gasteiger partial charge in [-0.2, -0.15) is 13.2 Å². The van der Waals surface area contributed by atoms with Crippen LogP contribution in [0.3, 0.4) is 0 Å². The first-order valence-corrected chi connectivity index (χ1v) is 6.48. The van der Waals surface area contributed by atoms with Crippen LogP contribution >= 0.6 is 0 Å². The van der Waals surface area contributed by atoms with E-state index < -0.39 is 11.7 Å². The molecule has 112 valence electrons. The summed E-state index contributed by atoms with van der Waals surface area (Å²) in [5.41, 5.74) is 4.91. The minimum absolute atomic E-state index is 0.0220. The van der Waals surface area contributed by atoms with E-state index in [1.165, 1.54) is 18.2 Å². The van der Waals surface area contributed by atoms with Crippen molar-refractivity contribution in [3.8, 4) is 0 Å². The van der Waals surface area contributed by atoms with E-state index in [9.17, 15) is 18.0 Å². The van der Waals surface area contributed by atoms with Gasteiger partial charge in [-0.15, -0.1) is 0 Å². The highest BCUT2D eigenvalue weighted by atomic mass is 19.4. The minimum Gasteiger partial charge on any atom is -0.352 e. The van der Waals surface area contributed by atoms with E-state index >= 15 is 0 Å². The molecule has 6 heteroatoms. The molecule has 1 aromatic carbocycles.